The molecule has 1 saturated heterocycles. The maximum Gasteiger partial charge on any atom is 0.273 e. The van der Waals surface area contributed by atoms with Gasteiger partial charge in [0.15, 0.2) is 0 Å². The Balaban J connectivity index is 1.57. The number of nitrogens with zero attached hydrogens (tertiary/aromatic N) is 3. The van der Waals surface area contributed by atoms with Gasteiger partial charge in [0.1, 0.15) is 5.69 Å². The van der Waals surface area contributed by atoms with E-state index in [9.17, 15) is 9.59 Å². The number of benzene rings is 1. The van der Waals surface area contributed by atoms with Crippen molar-refractivity contribution in [1.82, 2.24) is 20.2 Å². The van der Waals surface area contributed by atoms with E-state index in [0.717, 1.165) is 24.1 Å². The molecule has 3 heterocycles. The summed E-state index contributed by atoms with van der Waals surface area (Å²) in [7, 11) is 0. The summed E-state index contributed by atoms with van der Waals surface area (Å²) >= 11 is 1.42. The van der Waals surface area contributed by atoms with E-state index in [1.165, 1.54) is 11.3 Å². The lowest BCUT2D eigenvalue weighted by atomic mass is 9.88. The largest absolute Gasteiger partial charge is 0.343 e. The highest BCUT2D eigenvalue weighted by Crippen LogP contribution is 2.30. The number of likely N-dealkylation sites (tertiary alicyclic amines) is 1. The van der Waals surface area contributed by atoms with Gasteiger partial charge in [-0.05, 0) is 43.5 Å². The van der Waals surface area contributed by atoms with Crippen molar-refractivity contribution in [3.63, 3.8) is 0 Å². The second-order valence-corrected chi connectivity index (χ2v) is 8.27. The first kappa shape index (κ1) is 20.2. The molecule has 3 aromatic rings. The third-order valence-electron chi connectivity index (χ3n) is 5.55. The zero-order chi connectivity index (χ0) is 20.9. The van der Waals surface area contributed by atoms with Gasteiger partial charge in [-0.3, -0.25) is 14.6 Å². The van der Waals surface area contributed by atoms with Gasteiger partial charge in [-0.2, -0.15) is 0 Å². The van der Waals surface area contributed by atoms with Crippen LogP contribution < -0.4 is 5.32 Å². The first-order valence-corrected chi connectivity index (χ1v) is 11.0. The number of carbonyl (C=O) groups excluding carboxylic acids is 2. The van der Waals surface area contributed by atoms with Crippen molar-refractivity contribution in [2.24, 2.45) is 5.92 Å². The summed E-state index contributed by atoms with van der Waals surface area (Å²) in [4.78, 5) is 36.4. The van der Waals surface area contributed by atoms with E-state index < -0.39 is 0 Å². The third kappa shape index (κ3) is 4.41. The Morgan fingerprint density at radius 3 is 2.73 bits per heavy atom. The first-order valence-electron chi connectivity index (χ1n) is 10.1. The molecule has 154 valence electrons. The zero-order valence-corrected chi connectivity index (χ0v) is 17.6. The van der Waals surface area contributed by atoms with Crippen LogP contribution >= 0.6 is 11.3 Å². The molecule has 1 aliphatic heterocycles. The van der Waals surface area contributed by atoms with Gasteiger partial charge < -0.3 is 10.2 Å². The predicted molar refractivity (Wildman–Crippen MR) is 116 cm³/mol. The molecule has 4 rings (SSSR count). The molecule has 7 heteroatoms. The van der Waals surface area contributed by atoms with Crippen LogP contribution in [-0.4, -0.2) is 39.8 Å². The molecule has 0 aliphatic carbocycles. The Morgan fingerprint density at radius 2 is 2.00 bits per heavy atom. The molecule has 6 nitrogen and oxygen atoms in total. The highest BCUT2D eigenvalue weighted by molar-refractivity contribution is 7.07. The lowest BCUT2D eigenvalue weighted by molar-refractivity contribution is 0.0631. The SMILES string of the molecule is Cc1ccccc1C(=O)NC(c1ccccn1)C1CCCN(C(=O)c2cscn2)C1. The van der Waals surface area contributed by atoms with Crippen LogP contribution in [0.2, 0.25) is 0 Å². The van der Waals surface area contributed by atoms with Crippen LogP contribution in [0.3, 0.4) is 0 Å². The number of hydrogen-bond donors (Lipinski definition) is 1. The molecule has 1 aromatic carbocycles. The average molecular weight is 421 g/mol. The summed E-state index contributed by atoms with van der Waals surface area (Å²) in [6.45, 7) is 3.19. The van der Waals surface area contributed by atoms with Crippen molar-refractivity contribution in [3.05, 3.63) is 82.1 Å². The van der Waals surface area contributed by atoms with Gasteiger partial charge in [0, 0.05) is 36.1 Å². The number of carbonyl (C=O) groups is 2. The van der Waals surface area contributed by atoms with Gasteiger partial charge in [-0.25, -0.2) is 4.98 Å². The van der Waals surface area contributed by atoms with E-state index in [4.69, 9.17) is 0 Å². The minimum absolute atomic E-state index is 0.0500. The topological polar surface area (TPSA) is 75.2 Å². The molecular weight excluding hydrogens is 396 g/mol. The van der Waals surface area contributed by atoms with Crippen LogP contribution in [0.5, 0.6) is 0 Å². The number of aromatic nitrogens is 2. The van der Waals surface area contributed by atoms with E-state index >= 15 is 0 Å². The molecule has 30 heavy (non-hydrogen) atoms. The Kier molecular flexibility index (Phi) is 6.18. The molecule has 0 bridgehead atoms. The fourth-order valence-electron chi connectivity index (χ4n) is 3.99. The molecule has 1 N–H and O–H groups in total. The molecule has 0 radical (unpaired) electrons. The number of thiazole rings is 1. The Morgan fingerprint density at radius 1 is 1.17 bits per heavy atom. The van der Waals surface area contributed by atoms with E-state index in [1.807, 2.05) is 54.3 Å². The normalized spacial score (nSPS) is 17.4. The summed E-state index contributed by atoms with van der Waals surface area (Å²) in [5.41, 5.74) is 4.56. The third-order valence-corrected chi connectivity index (χ3v) is 6.14. The second-order valence-electron chi connectivity index (χ2n) is 7.55. The Hall–Kier alpha value is -3.06. The Bertz CT molecular complexity index is 1010. The van der Waals surface area contributed by atoms with Crippen LogP contribution in [0, 0.1) is 12.8 Å². The van der Waals surface area contributed by atoms with Gasteiger partial charge in [0.05, 0.1) is 17.2 Å². The van der Waals surface area contributed by atoms with Gasteiger partial charge in [0.25, 0.3) is 11.8 Å². The summed E-state index contributed by atoms with van der Waals surface area (Å²) in [6, 6.07) is 13.0. The predicted octanol–water partition coefficient (Wildman–Crippen LogP) is 3.87. The fourth-order valence-corrected chi connectivity index (χ4v) is 4.51. The van der Waals surface area contributed by atoms with Gasteiger partial charge in [-0.15, -0.1) is 11.3 Å². The minimum atomic E-state index is -0.274. The van der Waals surface area contributed by atoms with Crippen molar-refractivity contribution >= 4 is 23.2 Å². The molecular formula is C23H24N4O2S. The first-order chi connectivity index (χ1) is 14.6. The van der Waals surface area contributed by atoms with E-state index in [2.05, 4.69) is 15.3 Å². The van der Waals surface area contributed by atoms with Crippen molar-refractivity contribution in [3.8, 4) is 0 Å². The number of piperidine rings is 1. The summed E-state index contributed by atoms with van der Waals surface area (Å²) in [5, 5.41) is 4.98. The number of rotatable bonds is 5. The average Bonchev–Trinajstić information content (AvgIpc) is 3.33. The van der Waals surface area contributed by atoms with Crippen LogP contribution in [0.4, 0.5) is 0 Å². The highest BCUT2D eigenvalue weighted by Gasteiger charge is 2.33. The van der Waals surface area contributed by atoms with Crippen molar-refractivity contribution in [2.75, 3.05) is 13.1 Å². The van der Waals surface area contributed by atoms with Crippen molar-refractivity contribution < 1.29 is 9.59 Å². The molecule has 2 aromatic heterocycles. The Labute approximate surface area is 180 Å². The quantitative estimate of drug-likeness (QED) is 0.680. The lowest BCUT2D eigenvalue weighted by Crippen LogP contribution is -2.45. The maximum absolute atomic E-state index is 13.1. The van der Waals surface area contributed by atoms with E-state index in [1.54, 1.807) is 17.1 Å². The van der Waals surface area contributed by atoms with E-state index in [-0.39, 0.29) is 23.8 Å². The molecule has 2 atom stereocenters. The minimum Gasteiger partial charge on any atom is -0.343 e. The summed E-state index contributed by atoms with van der Waals surface area (Å²) in [5.74, 6) is -0.0955. The molecule has 1 aliphatic rings. The monoisotopic (exact) mass is 420 g/mol. The standard InChI is InChI=1S/C23H24N4O2S/c1-16-7-2-3-9-18(16)22(28)26-21(19-10-4-5-11-24-19)17-8-6-12-27(13-17)23(29)20-14-30-15-25-20/h2-5,7,9-11,14-15,17,21H,6,8,12-13H2,1H3,(H,26,28). The zero-order valence-electron chi connectivity index (χ0n) is 16.8. The molecule has 2 unspecified atom stereocenters. The van der Waals surface area contributed by atoms with Crippen LogP contribution in [0.15, 0.2) is 59.6 Å². The summed E-state index contributed by atoms with van der Waals surface area (Å²) in [6.07, 6.45) is 3.53. The number of hydrogen-bond acceptors (Lipinski definition) is 5. The number of amides is 2. The summed E-state index contributed by atoms with van der Waals surface area (Å²) < 4.78 is 0. The van der Waals surface area contributed by atoms with Crippen LogP contribution in [0.1, 0.15) is 51.0 Å². The lowest BCUT2D eigenvalue weighted by Gasteiger charge is -2.37. The van der Waals surface area contributed by atoms with Gasteiger partial charge in [0.2, 0.25) is 0 Å². The van der Waals surface area contributed by atoms with Crippen molar-refractivity contribution in [1.29, 1.82) is 0 Å². The molecule has 2 amide bonds. The number of nitrogens with one attached hydrogen (secondary N) is 1. The highest BCUT2D eigenvalue weighted by atomic mass is 32.1. The van der Waals surface area contributed by atoms with Crippen LogP contribution in [0.25, 0.3) is 0 Å². The molecule has 0 saturated carbocycles. The smallest absolute Gasteiger partial charge is 0.273 e. The second kappa shape index (κ2) is 9.17. The van der Waals surface area contributed by atoms with Crippen LogP contribution in [-0.2, 0) is 0 Å². The number of pyridine rings is 1. The van der Waals surface area contributed by atoms with Crippen molar-refractivity contribution in [2.45, 2.75) is 25.8 Å². The van der Waals surface area contributed by atoms with E-state index in [0.29, 0.717) is 24.3 Å². The number of aryl methyl sites for hydroxylation is 1. The van der Waals surface area contributed by atoms with Gasteiger partial charge >= 0.3 is 0 Å². The maximum atomic E-state index is 13.1. The fraction of sp³-hybridized carbons (Fsp3) is 0.304. The van der Waals surface area contributed by atoms with Gasteiger partial charge in [-0.1, -0.05) is 24.3 Å². The molecule has 0 spiro atoms. The molecule has 1 fully saturated rings.